The van der Waals surface area contributed by atoms with Gasteiger partial charge < -0.3 is 5.32 Å². The number of halogens is 1. The van der Waals surface area contributed by atoms with Crippen molar-refractivity contribution in [3.05, 3.63) is 35.9 Å². The van der Waals surface area contributed by atoms with Crippen LogP contribution in [0.15, 0.2) is 30.3 Å². The molecule has 1 N–H and O–H groups in total. The SMILES string of the molecule is CC(C)(F)CCC(=O)NCc1ccccc1. The Bertz CT molecular complexity index is 330. The summed E-state index contributed by atoms with van der Waals surface area (Å²) in [6, 6.07) is 9.66. The van der Waals surface area contributed by atoms with Crippen molar-refractivity contribution in [3.8, 4) is 0 Å². The molecule has 0 aliphatic rings. The fraction of sp³-hybridized carbons (Fsp3) is 0.462. The van der Waals surface area contributed by atoms with Crippen LogP contribution in [0.4, 0.5) is 4.39 Å². The van der Waals surface area contributed by atoms with Crippen molar-refractivity contribution in [1.82, 2.24) is 5.32 Å². The zero-order chi connectivity index (χ0) is 12.0. The van der Waals surface area contributed by atoms with Gasteiger partial charge in [0.05, 0.1) is 0 Å². The zero-order valence-corrected chi connectivity index (χ0v) is 9.79. The van der Waals surface area contributed by atoms with E-state index in [0.717, 1.165) is 5.56 Å². The Labute approximate surface area is 95.9 Å². The smallest absolute Gasteiger partial charge is 0.220 e. The second-order valence-electron chi connectivity index (χ2n) is 4.48. The van der Waals surface area contributed by atoms with Gasteiger partial charge in [0.1, 0.15) is 5.67 Å². The van der Waals surface area contributed by atoms with Gasteiger partial charge in [0, 0.05) is 13.0 Å². The van der Waals surface area contributed by atoms with Crippen molar-refractivity contribution in [1.29, 1.82) is 0 Å². The lowest BCUT2D eigenvalue weighted by Crippen LogP contribution is -2.25. The molecule has 0 aliphatic carbocycles. The molecule has 1 rings (SSSR count). The molecule has 0 saturated carbocycles. The number of alkyl halides is 1. The first kappa shape index (κ1) is 12.7. The van der Waals surface area contributed by atoms with Gasteiger partial charge in [-0.05, 0) is 25.8 Å². The summed E-state index contributed by atoms with van der Waals surface area (Å²) in [5.41, 5.74) is -0.222. The molecular formula is C13H18FNO. The predicted molar refractivity (Wildman–Crippen MR) is 62.7 cm³/mol. The lowest BCUT2D eigenvalue weighted by Gasteiger charge is -2.13. The monoisotopic (exact) mass is 223 g/mol. The van der Waals surface area contributed by atoms with Crippen LogP contribution in [0.1, 0.15) is 32.3 Å². The van der Waals surface area contributed by atoms with Gasteiger partial charge in [0.2, 0.25) is 5.91 Å². The first-order chi connectivity index (χ1) is 7.47. The van der Waals surface area contributed by atoms with Crippen molar-refractivity contribution in [2.75, 3.05) is 0 Å². The summed E-state index contributed by atoms with van der Waals surface area (Å²) < 4.78 is 13.1. The Balaban J connectivity index is 2.26. The summed E-state index contributed by atoms with van der Waals surface area (Å²) in [6.45, 7) is 3.47. The maximum absolute atomic E-state index is 13.1. The van der Waals surface area contributed by atoms with E-state index in [9.17, 15) is 9.18 Å². The Morgan fingerprint density at radius 3 is 2.50 bits per heavy atom. The summed E-state index contributed by atoms with van der Waals surface area (Å²) in [4.78, 5) is 11.4. The summed E-state index contributed by atoms with van der Waals surface area (Å²) in [5.74, 6) is -0.102. The van der Waals surface area contributed by atoms with Crippen molar-refractivity contribution in [3.63, 3.8) is 0 Å². The van der Waals surface area contributed by atoms with E-state index in [1.807, 2.05) is 30.3 Å². The van der Waals surface area contributed by atoms with Crippen LogP contribution in [-0.2, 0) is 11.3 Å². The van der Waals surface area contributed by atoms with Gasteiger partial charge in [-0.2, -0.15) is 0 Å². The van der Waals surface area contributed by atoms with Crippen LogP contribution in [0.25, 0.3) is 0 Å². The van der Waals surface area contributed by atoms with Crippen LogP contribution < -0.4 is 5.32 Å². The average molecular weight is 223 g/mol. The molecule has 0 heterocycles. The largest absolute Gasteiger partial charge is 0.352 e. The van der Waals surface area contributed by atoms with E-state index in [4.69, 9.17) is 0 Å². The molecule has 0 radical (unpaired) electrons. The van der Waals surface area contributed by atoms with Crippen LogP contribution in [0.5, 0.6) is 0 Å². The summed E-state index contributed by atoms with van der Waals surface area (Å²) >= 11 is 0. The number of nitrogens with one attached hydrogen (secondary N) is 1. The van der Waals surface area contributed by atoms with Crippen LogP contribution in [0.2, 0.25) is 0 Å². The third-order valence-corrected chi connectivity index (χ3v) is 2.28. The highest BCUT2D eigenvalue weighted by Crippen LogP contribution is 2.15. The van der Waals surface area contributed by atoms with Crippen molar-refractivity contribution >= 4 is 5.91 Å². The highest BCUT2D eigenvalue weighted by molar-refractivity contribution is 5.75. The average Bonchev–Trinajstić information content (AvgIpc) is 2.24. The predicted octanol–water partition coefficient (Wildman–Crippen LogP) is 2.83. The molecule has 0 bridgehead atoms. The lowest BCUT2D eigenvalue weighted by atomic mass is 10.0. The normalized spacial score (nSPS) is 11.2. The van der Waals surface area contributed by atoms with Gasteiger partial charge in [-0.3, -0.25) is 4.79 Å². The minimum Gasteiger partial charge on any atom is -0.352 e. The molecule has 0 atom stereocenters. The Morgan fingerprint density at radius 2 is 1.94 bits per heavy atom. The minimum absolute atomic E-state index is 0.102. The van der Waals surface area contributed by atoms with Crippen LogP contribution in [0.3, 0.4) is 0 Å². The highest BCUT2D eigenvalue weighted by atomic mass is 19.1. The second kappa shape index (κ2) is 5.64. The highest BCUT2D eigenvalue weighted by Gasteiger charge is 2.16. The first-order valence-electron chi connectivity index (χ1n) is 5.47. The summed E-state index contributed by atoms with van der Waals surface area (Å²) in [7, 11) is 0. The molecule has 3 heteroatoms. The van der Waals surface area contributed by atoms with E-state index in [1.54, 1.807) is 0 Å². The van der Waals surface area contributed by atoms with Gasteiger partial charge in [0.25, 0.3) is 0 Å². The van der Waals surface area contributed by atoms with E-state index in [-0.39, 0.29) is 18.7 Å². The fourth-order valence-corrected chi connectivity index (χ4v) is 1.30. The molecule has 0 fully saturated rings. The number of rotatable bonds is 5. The topological polar surface area (TPSA) is 29.1 Å². The fourth-order valence-electron chi connectivity index (χ4n) is 1.30. The molecule has 1 aromatic carbocycles. The molecule has 2 nitrogen and oxygen atoms in total. The standard InChI is InChI=1S/C13H18FNO/c1-13(2,14)9-8-12(16)15-10-11-6-4-3-5-7-11/h3-7H,8-10H2,1-2H3,(H,15,16). The Hall–Kier alpha value is -1.38. The molecule has 0 aromatic heterocycles. The van der Waals surface area contributed by atoms with E-state index < -0.39 is 5.67 Å². The van der Waals surface area contributed by atoms with E-state index in [1.165, 1.54) is 13.8 Å². The molecule has 0 spiro atoms. The lowest BCUT2D eigenvalue weighted by molar-refractivity contribution is -0.121. The third-order valence-electron chi connectivity index (χ3n) is 2.28. The van der Waals surface area contributed by atoms with Gasteiger partial charge in [-0.1, -0.05) is 30.3 Å². The molecule has 1 amide bonds. The van der Waals surface area contributed by atoms with Gasteiger partial charge in [-0.25, -0.2) is 4.39 Å². The van der Waals surface area contributed by atoms with Gasteiger partial charge in [0.15, 0.2) is 0 Å². The molecule has 0 unspecified atom stereocenters. The first-order valence-corrected chi connectivity index (χ1v) is 5.47. The number of amides is 1. The molecule has 0 aliphatic heterocycles. The van der Waals surface area contributed by atoms with Gasteiger partial charge in [-0.15, -0.1) is 0 Å². The molecule has 88 valence electrons. The van der Waals surface area contributed by atoms with Crippen molar-refractivity contribution < 1.29 is 9.18 Å². The molecular weight excluding hydrogens is 205 g/mol. The maximum atomic E-state index is 13.1. The minimum atomic E-state index is -1.27. The van der Waals surface area contributed by atoms with E-state index in [0.29, 0.717) is 6.54 Å². The molecule has 0 saturated heterocycles. The van der Waals surface area contributed by atoms with Crippen LogP contribution in [0, 0.1) is 0 Å². The number of benzene rings is 1. The quantitative estimate of drug-likeness (QED) is 0.817. The summed E-state index contributed by atoms with van der Waals surface area (Å²) in [6.07, 6.45) is 0.490. The third kappa shape index (κ3) is 5.49. The Kier molecular flexibility index (Phi) is 4.47. The summed E-state index contributed by atoms with van der Waals surface area (Å²) in [5, 5.41) is 2.77. The zero-order valence-electron chi connectivity index (χ0n) is 9.79. The Morgan fingerprint density at radius 1 is 1.31 bits per heavy atom. The number of carbonyl (C=O) groups is 1. The van der Waals surface area contributed by atoms with Crippen LogP contribution >= 0.6 is 0 Å². The number of carbonyl (C=O) groups excluding carboxylic acids is 1. The number of hydrogen-bond donors (Lipinski definition) is 1. The maximum Gasteiger partial charge on any atom is 0.220 e. The second-order valence-corrected chi connectivity index (χ2v) is 4.48. The van der Waals surface area contributed by atoms with Gasteiger partial charge >= 0.3 is 0 Å². The van der Waals surface area contributed by atoms with Crippen LogP contribution in [-0.4, -0.2) is 11.6 Å². The van der Waals surface area contributed by atoms with Crippen molar-refractivity contribution in [2.45, 2.75) is 38.9 Å². The molecule has 1 aromatic rings. The van der Waals surface area contributed by atoms with E-state index >= 15 is 0 Å². The van der Waals surface area contributed by atoms with Crippen molar-refractivity contribution in [2.24, 2.45) is 0 Å². The number of hydrogen-bond acceptors (Lipinski definition) is 1. The van der Waals surface area contributed by atoms with E-state index in [2.05, 4.69) is 5.32 Å². The molecule has 16 heavy (non-hydrogen) atoms.